The molecule has 1 aromatic heterocycles. The Hall–Kier alpha value is -2.11. The van der Waals surface area contributed by atoms with Crippen molar-refractivity contribution in [2.24, 2.45) is 0 Å². The fraction of sp³-hybridized carbons (Fsp3) is 0.429. The zero-order valence-corrected chi connectivity index (χ0v) is 16.8. The third-order valence-corrected chi connectivity index (χ3v) is 5.35. The van der Waals surface area contributed by atoms with E-state index in [9.17, 15) is 4.79 Å². The number of hydrogen-bond acceptors (Lipinski definition) is 4. The number of hydrogen-bond donors (Lipinski definition) is 0. The summed E-state index contributed by atoms with van der Waals surface area (Å²) < 4.78 is 0. The van der Waals surface area contributed by atoms with Crippen molar-refractivity contribution in [3.63, 3.8) is 0 Å². The van der Waals surface area contributed by atoms with Gasteiger partial charge in [-0.15, -0.1) is 0 Å². The van der Waals surface area contributed by atoms with E-state index in [0.29, 0.717) is 5.56 Å². The van der Waals surface area contributed by atoms with Gasteiger partial charge in [0.1, 0.15) is 5.82 Å². The Labute approximate surface area is 166 Å². The first kappa shape index (κ1) is 19.6. The molecule has 6 heteroatoms. The lowest BCUT2D eigenvalue weighted by Crippen LogP contribution is -2.49. The van der Waals surface area contributed by atoms with Crippen molar-refractivity contribution in [2.45, 2.75) is 12.8 Å². The maximum absolute atomic E-state index is 12.9. The van der Waals surface area contributed by atoms with Crippen LogP contribution in [0.5, 0.6) is 0 Å². The van der Waals surface area contributed by atoms with Gasteiger partial charge in [0.15, 0.2) is 0 Å². The normalized spacial score (nSPS) is 15.0. The highest BCUT2D eigenvalue weighted by atomic mass is 35.5. The molecule has 1 amide bonds. The van der Waals surface area contributed by atoms with Gasteiger partial charge in [0.2, 0.25) is 0 Å². The molecule has 2 aromatic rings. The predicted octanol–water partition coefficient (Wildman–Crippen LogP) is 3.19. The Morgan fingerprint density at radius 1 is 1.11 bits per heavy atom. The van der Waals surface area contributed by atoms with Gasteiger partial charge in [-0.05, 0) is 43.1 Å². The van der Waals surface area contributed by atoms with Crippen LogP contribution in [0.2, 0.25) is 5.02 Å². The van der Waals surface area contributed by atoms with Crippen LogP contribution >= 0.6 is 11.6 Å². The Bertz CT molecular complexity index is 772. The summed E-state index contributed by atoms with van der Waals surface area (Å²) in [6, 6.07) is 11.7. The van der Waals surface area contributed by atoms with E-state index in [4.69, 9.17) is 11.6 Å². The monoisotopic (exact) mass is 386 g/mol. The Morgan fingerprint density at radius 3 is 2.56 bits per heavy atom. The molecule has 1 aliphatic heterocycles. The first-order valence-corrected chi connectivity index (χ1v) is 9.81. The van der Waals surface area contributed by atoms with Gasteiger partial charge >= 0.3 is 0 Å². The van der Waals surface area contributed by atoms with Crippen molar-refractivity contribution >= 4 is 23.3 Å². The number of benzene rings is 1. The molecule has 0 unspecified atom stereocenters. The van der Waals surface area contributed by atoms with Crippen molar-refractivity contribution < 1.29 is 4.79 Å². The van der Waals surface area contributed by atoms with Gasteiger partial charge < -0.3 is 9.80 Å². The smallest absolute Gasteiger partial charge is 0.257 e. The zero-order chi connectivity index (χ0) is 19.2. The van der Waals surface area contributed by atoms with E-state index in [1.807, 2.05) is 54.2 Å². The maximum Gasteiger partial charge on any atom is 0.257 e. The first-order valence-electron chi connectivity index (χ1n) is 9.43. The Kier molecular flexibility index (Phi) is 6.69. The molecule has 0 N–H and O–H groups in total. The van der Waals surface area contributed by atoms with E-state index in [1.165, 1.54) is 5.56 Å². The molecule has 1 aromatic carbocycles. The molecule has 0 saturated carbocycles. The molecule has 0 radical (unpaired) electrons. The number of pyridine rings is 1. The molecule has 3 rings (SSSR count). The summed E-state index contributed by atoms with van der Waals surface area (Å²) in [6.07, 6.45) is 3.79. The molecule has 2 heterocycles. The van der Waals surface area contributed by atoms with E-state index >= 15 is 0 Å². The Morgan fingerprint density at radius 2 is 1.85 bits per heavy atom. The number of carbonyl (C=O) groups excluding carboxylic acids is 1. The van der Waals surface area contributed by atoms with Gasteiger partial charge in [-0.1, -0.05) is 29.8 Å². The molecule has 0 spiro atoms. The molecule has 5 nitrogen and oxygen atoms in total. The average Bonchev–Trinajstić information content (AvgIpc) is 2.69. The highest BCUT2D eigenvalue weighted by Gasteiger charge is 2.24. The Balaban J connectivity index is 1.49. The summed E-state index contributed by atoms with van der Waals surface area (Å²) in [4.78, 5) is 23.5. The predicted molar refractivity (Wildman–Crippen MR) is 111 cm³/mol. The van der Waals surface area contributed by atoms with Crippen molar-refractivity contribution in [1.29, 1.82) is 0 Å². The van der Waals surface area contributed by atoms with Crippen molar-refractivity contribution in [1.82, 2.24) is 14.8 Å². The maximum atomic E-state index is 12.9. The summed E-state index contributed by atoms with van der Waals surface area (Å²) in [7, 11) is 3.83. The molecule has 0 aliphatic carbocycles. The second-order valence-corrected chi connectivity index (χ2v) is 7.51. The molecule has 0 atom stereocenters. The molecule has 144 valence electrons. The first-order chi connectivity index (χ1) is 13.1. The summed E-state index contributed by atoms with van der Waals surface area (Å²) in [6.45, 7) is 4.36. The number of piperazine rings is 1. The zero-order valence-electron chi connectivity index (χ0n) is 16.1. The van der Waals surface area contributed by atoms with E-state index in [1.54, 1.807) is 6.20 Å². The number of halogens is 1. The fourth-order valence-corrected chi connectivity index (χ4v) is 3.69. The molecule has 1 fully saturated rings. The van der Waals surface area contributed by atoms with Gasteiger partial charge in [0.25, 0.3) is 5.91 Å². The number of anilines is 1. The lowest BCUT2D eigenvalue weighted by molar-refractivity contribution is 0.0636. The van der Waals surface area contributed by atoms with Gasteiger partial charge in [-0.2, -0.15) is 0 Å². The molecule has 27 heavy (non-hydrogen) atoms. The van der Waals surface area contributed by atoms with Crippen LogP contribution in [-0.2, 0) is 6.42 Å². The second kappa shape index (κ2) is 9.20. The number of rotatable bonds is 6. The van der Waals surface area contributed by atoms with Crippen LogP contribution in [0.1, 0.15) is 22.3 Å². The fourth-order valence-electron chi connectivity index (χ4n) is 3.46. The summed E-state index contributed by atoms with van der Waals surface area (Å²) in [5.74, 6) is 0.798. The molecule has 0 bridgehead atoms. The van der Waals surface area contributed by atoms with Crippen LogP contribution in [0, 0.1) is 0 Å². The quantitative estimate of drug-likeness (QED) is 0.764. The highest BCUT2D eigenvalue weighted by Crippen LogP contribution is 2.19. The van der Waals surface area contributed by atoms with Crippen LogP contribution in [0.25, 0.3) is 0 Å². The number of amides is 1. The third-order valence-electron chi connectivity index (χ3n) is 4.98. The van der Waals surface area contributed by atoms with E-state index in [-0.39, 0.29) is 5.91 Å². The van der Waals surface area contributed by atoms with Gasteiger partial charge in [0.05, 0.1) is 5.56 Å². The van der Waals surface area contributed by atoms with E-state index < -0.39 is 0 Å². The van der Waals surface area contributed by atoms with Crippen molar-refractivity contribution in [3.05, 3.63) is 58.7 Å². The lowest BCUT2D eigenvalue weighted by atomic mass is 10.1. The molecule has 1 aliphatic rings. The minimum atomic E-state index is 0.0718. The standard InChI is InChI=1S/C21H27ClN4O/c1-24(2)20-18(9-5-11-23-20)21(27)26-15-13-25(14-16-26)12-6-8-17-7-3-4-10-19(17)22/h3-5,7,9-11H,6,8,12-16H2,1-2H3. The molecule has 1 saturated heterocycles. The summed E-state index contributed by atoms with van der Waals surface area (Å²) in [5.41, 5.74) is 1.88. The highest BCUT2D eigenvalue weighted by molar-refractivity contribution is 6.31. The minimum absolute atomic E-state index is 0.0718. The van der Waals surface area contributed by atoms with Crippen LogP contribution in [0.3, 0.4) is 0 Å². The van der Waals surface area contributed by atoms with Crippen molar-refractivity contribution in [2.75, 3.05) is 51.7 Å². The van der Waals surface area contributed by atoms with Crippen LogP contribution in [0.15, 0.2) is 42.6 Å². The van der Waals surface area contributed by atoms with E-state index in [2.05, 4.69) is 16.0 Å². The summed E-state index contributed by atoms with van der Waals surface area (Å²) in [5, 5.41) is 0.848. The van der Waals surface area contributed by atoms with Crippen LogP contribution < -0.4 is 4.90 Å². The number of carbonyl (C=O) groups is 1. The molecular weight excluding hydrogens is 360 g/mol. The SMILES string of the molecule is CN(C)c1ncccc1C(=O)N1CCN(CCCc2ccccc2Cl)CC1. The number of aromatic nitrogens is 1. The topological polar surface area (TPSA) is 39.7 Å². The number of nitrogens with zero attached hydrogens (tertiary/aromatic N) is 4. The third kappa shape index (κ3) is 4.99. The minimum Gasteiger partial charge on any atom is -0.362 e. The van der Waals surface area contributed by atoms with Crippen LogP contribution in [0.4, 0.5) is 5.82 Å². The van der Waals surface area contributed by atoms with E-state index in [0.717, 1.165) is 56.4 Å². The van der Waals surface area contributed by atoms with Crippen LogP contribution in [-0.4, -0.2) is 67.5 Å². The summed E-state index contributed by atoms with van der Waals surface area (Å²) >= 11 is 6.23. The van der Waals surface area contributed by atoms with Gasteiger partial charge in [-0.25, -0.2) is 4.98 Å². The average molecular weight is 387 g/mol. The van der Waals surface area contributed by atoms with Gasteiger partial charge in [-0.3, -0.25) is 9.69 Å². The van der Waals surface area contributed by atoms with Gasteiger partial charge in [0, 0.05) is 51.5 Å². The second-order valence-electron chi connectivity index (χ2n) is 7.10. The lowest BCUT2D eigenvalue weighted by Gasteiger charge is -2.35. The van der Waals surface area contributed by atoms with Crippen molar-refractivity contribution in [3.8, 4) is 0 Å². The largest absolute Gasteiger partial charge is 0.362 e. The number of aryl methyl sites for hydroxylation is 1. The molecular formula is C21H27ClN4O.